The molecule has 9 heteroatoms. The number of benzene rings is 3. The number of carbonyl (C=O) groups excluding carboxylic acids is 1. The third-order valence-electron chi connectivity index (χ3n) is 4.95. The predicted octanol–water partition coefficient (Wildman–Crippen LogP) is 7.43. The van der Waals surface area contributed by atoms with E-state index >= 15 is 0 Å². The Labute approximate surface area is 197 Å². The summed E-state index contributed by atoms with van der Waals surface area (Å²) in [4.78, 5) is 12.6. The Bertz CT molecular complexity index is 1330. The van der Waals surface area contributed by atoms with Crippen LogP contribution in [-0.2, 0) is 6.18 Å². The lowest BCUT2D eigenvalue weighted by Gasteiger charge is -2.10. The molecule has 0 aliphatic heterocycles. The highest BCUT2D eigenvalue weighted by atomic mass is 35.5. The van der Waals surface area contributed by atoms with E-state index in [1.165, 1.54) is 12.1 Å². The van der Waals surface area contributed by atoms with Crippen molar-refractivity contribution < 1.29 is 18.0 Å². The SMILES string of the molecule is Cc1ccc(NC(=O)c2ccc(-c3cc(C(F)(F)F)nn3-c3ccccc3Cl)cc2)cc1Cl. The number of para-hydroxylation sites is 1. The van der Waals surface area contributed by atoms with E-state index in [0.29, 0.717) is 27.5 Å². The van der Waals surface area contributed by atoms with E-state index in [0.717, 1.165) is 16.3 Å². The first-order valence-electron chi connectivity index (χ1n) is 9.73. The lowest BCUT2D eigenvalue weighted by Crippen LogP contribution is -2.11. The van der Waals surface area contributed by atoms with Crippen LogP contribution in [0.25, 0.3) is 16.9 Å². The Morgan fingerprint density at radius 3 is 2.27 bits per heavy atom. The zero-order chi connectivity index (χ0) is 23.8. The second-order valence-corrected chi connectivity index (χ2v) is 8.09. The first-order valence-corrected chi connectivity index (χ1v) is 10.5. The highest BCUT2D eigenvalue weighted by molar-refractivity contribution is 6.32. The van der Waals surface area contributed by atoms with Crippen LogP contribution in [0.5, 0.6) is 0 Å². The smallest absolute Gasteiger partial charge is 0.322 e. The van der Waals surface area contributed by atoms with Crippen LogP contribution in [0, 0.1) is 6.92 Å². The van der Waals surface area contributed by atoms with E-state index in [4.69, 9.17) is 23.2 Å². The molecule has 0 fully saturated rings. The summed E-state index contributed by atoms with van der Waals surface area (Å²) in [7, 11) is 0. The molecule has 0 unspecified atom stereocenters. The monoisotopic (exact) mass is 489 g/mol. The predicted molar refractivity (Wildman–Crippen MR) is 123 cm³/mol. The maximum atomic E-state index is 13.4. The summed E-state index contributed by atoms with van der Waals surface area (Å²) < 4.78 is 41.3. The quantitative estimate of drug-likeness (QED) is 0.324. The first kappa shape index (κ1) is 22.9. The fraction of sp³-hybridized carbons (Fsp3) is 0.0833. The van der Waals surface area contributed by atoms with Gasteiger partial charge in [-0.05, 0) is 55.0 Å². The number of amides is 1. The number of nitrogens with one attached hydrogen (secondary N) is 1. The van der Waals surface area contributed by atoms with Crippen LogP contribution in [0.3, 0.4) is 0 Å². The molecule has 3 aromatic carbocycles. The third-order valence-corrected chi connectivity index (χ3v) is 5.68. The molecule has 1 N–H and O–H groups in total. The number of alkyl halides is 3. The van der Waals surface area contributed by atoms with Crippen molar-refractivity contribution in [3.8, 4) is 16.9 Å². The van der Waals surface area contributed by atoms with Crippen molar-refractivity contribution in [2.75, 3.05) is 5.32 Å². The standard InChI is InChI=1S/C24H16Cl2F3N3O/c1-14-6-11-17(12-19(14)26)30-23(33)16-9-7-15(8-10-16)21-13-22(24(27,28)29)31-32(21)20-5-3-2-4-18(20)25/h2-13H,1H3,(H,30,33). The second-order valence-electron chi connectivity index (χ2n) is 7.27. The maximum Gasteiger partial charge on any atom is 0.435 e. The second kappa shape index (κ2) is 8.92. The topological polar surface area (TPSA) is 46.9 Å². The van der Waals surface area contributed by atoms with Crippen molar-refractivity contribution in [3.63, 3.8) is 0 Å². The van der Waals surface area contributed by atoms with E-state index in [9.17, 15) is 18.0 Å². The molecule has 168 valence electrons. The Morgan fingerprint density at radius 1 is 0.939 bits per heavy atom. The normalized spacial score (nSPS) is 11.5. The number of nitrogens with zero attached hydrogens (tertiary/aromatic N) is 2. The number of carbonyl (C=O) groups is 1. The minimum atomic E-state index is -4.63. The molecular formula is C24H16Cl2F3N3O. The van der Waals surface area contributed by atoms with Gasteiger partial charge >= 0.3 is 6.18 Å². The zero-order valence-electron chi connectivity index (χ0n) is 17.1. The molecule has 1 amide bonds. The summed E-state index contributed by atoms with van der Waals surface area (Å²) in [6, 6.07) is 18.8. The van der Waals surface area contributed by atoms with Crippen molar-refractivity contribution in [1.82, 2.24) is 9.78 Å². The molecule has 0 spiro atoms. The molecule has 0 saturated heterocycles. The number of aryl methyl sites for hydroxylation is 1. The number of hydrogen-bond donors (Lipinski definition) is 1. The van der Waals surface area contributed by atoms with Crippen LogP contribution in [0.4, 0.5) is 18.9 Å². The molecule has 1 heterocycles. The van der Waals surface area contributed by atoms with Gasteiger partial charge < -0.3 is 5.32 Å². The highest BCUT2D eigenvalue weighted by Gasteiger charge is 2.35. The van der Waals surface area contributed by atoms with Gasteiger partial charge in [0, 0.05) is 21.8 Å². The molecular weight excluding hydrogens is 474 g/mol. The molecule has 0 saturated carbocycles. The fourth-order valence-electron chi connectivity index (χ4n) is 3.20. The van der Waals surface area contributed by atoms with Crippen LogP contribution in [0.15, 0.2) is 72.8 Å². The van der Waals surface area contributed by atoms with Gasteiger partial charge in [0.1, 0.15) is 0 Å². The van der Waals surface area contributed by atoms with Crippen LogP contribution in [0.2, 0.25) is 10.0 Å². The molecule has 0 radical (unpaired) electrons. The van der Waals surface area contributed by atoms with Crippen molar-refractivity contribution in [2.24, 2.45) is 0 Å². The van der Waals surface area contributed by atoms with Gasteiger partial charge in [0.2, 0.25) is 0 Å². The number of rotatable bonds is 4. The first-order chi connectivity index (χ1) is 15.6. The van der Waals surface area contributed by atoms with Gasteiger partial charge in [0.25, 0.3) is 5.91 Å². The lowest BCUT2D eigenvalue weighted by atomic mass is 10.1. The van der Waals surface area contributed by atoms with Gasteiger partial charge in [-0.1, -0.05) is 53.5 Å². The minimum absolute atomic E-state index is 0.188. The number of anilines is 1. The molecule has 4 nitrogen and oxygen atoms in total. The molecule has 0 bridgehead atoms. The summed E-state index contributed by atoms with van der Waals surface area (Å²) in [6.45, 7) is 1.85. The van der Waals surface area contributed by atoms with E-state index in [1.807, 2.05) is 6.92 Å². The summed E-state index contributed by atoms with van der Waals surface area (Å²) in [5.74, 6) is -0.378. The number of hydrogen-bond acceptors (Lipinski definition) is 2. The zero-order valence-corrected chi connectivity index (χ0v) is 18.6. The number of halogens is 5. The van der Waals surface area contributed by atoms with E-state index < -0.39 is 11.9 Å². The van der Waals surface area contributed by atoms with Crippen molar-refractivity contribution >= 4 is 34.8 Å². The Morgan fingerprint density at radius 2 is 1.64 bits per heavy atom. The van der Waals surface area contributed by atoms with Gasteiger partial charge in [-0.25, -0.2) is 4.68 Å². The van der Waals surface area contributed by atoms with Crippen LogP contribution < -0.4 is 5.32 Å². The third kappa shape index (κ3) is 4.89. The average Bonchev–Trinajstić information content (AvgIpc) is 3.22. The molecule has 4 aromatic rings. The average molecular weight is 490 g/mol. The highest BCUT2D eigenvalue weighted by Crippen LogP contribution is 2.34. The van der Waals surface area contributed by atoms with Gasteiger partial charge in [-0.15, -0.1) is 0 Å². The van der Waals surface area contributed by atoms with Crippen LogP contribution in [0.1, 0.15) is 21.6 Å². The summed E-state index contributed by atoms with van der Waals surface area (Å²) in [5, 5.41) is 7.26. The molecule has 0 aliphatic rings. The lowest BCUT2D eigenvalue weighted by molar-refractivity contribution is -0.141. The van der Waals surface area contributed by atoms with Gasteiger partial charge in [-0.3, -0.25) is 4.79 Å². The number of aromatic nitrogens is 2. The van der Waals surface area contributed by atoms with Crippen LogP contribution in [-0.4, -0.2) is 15.7 Å². The van der Waals surface area contributed by atoms with Crippen molar-refractivity contribution in [1.29, 1.82) is 0 Å². The largest absolute Gasteiger partial charge is 0.435 e. The summed E-state index contributed by atoms with van der Waals surface area (Å²) in [5.41, 5.74) is 1.63. The Hall–Kier alpha value is -3.29. The van der Waals surface area contributed by atoms with E-state index in [2.05, 4.69) is 10.4 Å². The molecule has 4 rings (SSSR count). The molecule has 0 atom stereocenters. The summed E-state index contributed by atoms with van der Waals surface area (Å²) in [6.07, 6.45) is -4.63. The molecule has 1 aromatic heterocycles. The maximum absolute atomic E-state index is 13.4. The van der Waals surface area contributed by atoms with Gasteiger partial charge in [-0.2, -0.15) is 18.3 Å². The van der Waals surface area contributed by atoms with E-state index in [-0.39, 0.29) is 16.6 Å². The van der Waals surface area contributed by atoms with Crippen LogP contribution >= 0.6 is 23.2 Å². The molecule has 0 aliphatic carbocycles. The van der Waals surface area contributed by atoms with Gasteiger partial charge in [0.05, 0.1) is 16.4 Å². The Kier molecular flexibility index (Phi) is 6.19. The summed E-state index contributed by atoms with van der Waals surface area (Å²) >= 11 is 12.3. The van der Waals surface area contributed by atoms with Crippen molar-refractivity contribution in [3.05, 3.63) is 99.7 Å². The minimum Gasteiger partial charge on any atom is -0.322 e. The van der Waals surface area contributed by atoms with Crippen molar-refractivity contribution in [2.45, 2.75) is 13.1 Å². The molecule has 33 heavy (non-hydrogen) atoms. The van der Waals surface area contributed by atoms with Gasteiger partial charge in [0.15, 0.2) is 5.69 Å². The van der Waals surface area contributed by atoms with E-state index in [1.54, 1.807) is 54.6 Å². The Balaban J connectivity index is 1.67. The fourth-order valence-corrected chi connectivity index (χ4v) is 3.59.